The van der Waals surface area contributed by atoms with Gasteiger partial charge in [-0.1, -0.05) is 0 Å². The van der Waals surface area contributed by atoms with Crippen molar-refractivity contribution in [2.24, 2.45) is 11.3 Å². The van der Waals surface area contributed by atoms with E-state index in [0.717, 1.165) is 5.57 Å². The molecule has 0 saturated heterocycles. The fourth-order valence-electron chi connectivity index (χ4n) is 2.94. The van der Waals surface area contributed by atoms with Crippen molar-refractivity contribution < 1.29 is 14.3 Å². The summed E-state index contributed by atoms with van der Waals surface area (Å²) in [6.45, 7) is 6.27. The van der Waals surface area contributed by atoms with E-state index in [1.54, 1.807) is 6.08 Å². The summed E-state index contributed by atoms with van der Waals surface area (Å²) in [5.41, 5.74) is 0.277. The topological polar surface area (TPSA) is 43.4 Å². The third kappa shape index (κ3) is 4.24. The second kappa shape index (κ2) is 7.33. The zero-order valence-corrected chi connectivity index (χ0v) is 17.9. The van der Waals surface area contributed by atoms with E-state index in [1.165, 1.54) is 10.7 Å². The Bertz CT molecular complexity index is 509. The molecule has 124 valence electrons. The van der Waals surface area contributed by atoms with Crippen LogP contribution in [0.25, 0.3) is 0 Å². The Morgan fingerprint density at radius 2 is 2.00 bits per heavy atom. The number of hydrogen-bond donors (Lipinski definition) is 0. The minimum atomic E-state index is -2.10. The van der Waals surface area contributed by atoms with Crippen molar-refractivity contribution >= 4 is 30.1 Å². The molecule has 0 amide bonds. The van der Waals surface area contributed by atoms with Gasteiger partial charge in [0.15, 0.2) is 0 Å². The molecular weight excluding hydrogens is 383 g/mol. The molecule has 0 heterocycles. The van der Waals surface area contributed by atoms with Crippen LogP contribution < -0.4 is 0 Å². The predicted octanol–water partition coefficient (Wildman–Crippen LogP) is 4.30. The number of hydrogen-bond acceptors (Lipinski definition) is 3. The van der Waals surface area contributed by atoms with E-state index < -0.39 is 23.8 Å². The van der Waals surface area contributed by atoms with Gasteiger partial charge in [-0.25, -0.2) is 0 Å². The molecule has 22 heavy (non-hydrogen) atoms. The zero-order valence-electron chi connectivity index (χ0n) is 15.1. The molecule has 0 fully saturated rings. The Kier molecular flexibility index (Phi) is 6.48. The van der Waals surface area contributed by atoms with Gasteiger partial charge in [-0.3, -0.25) is 0 Å². The molecule has 0 aromatic carbocycles. The third-order valence-corrected chi connectivity index (χ3v) is 12.1. The van der Waals surface area contributed by atoms with Gasteiger partial charge < -0.3 is 0 Å². The third-order valence-electron chi connectivity index (χ3n) is 4.81. The molecule has 0 radical (unpaired) electrons. The van der Waals surface area contributed by atoms with Crippen molar-refractivity contribution in [2.45, 2.75) is 54.9 Å². The van der Waals surface area contributed by atoms with Crippen molar-refractivity contribution in [3.8, 4) is 0 Å². The van der Waals surface area contributed by atoms with Crippen LogP contribution in [0.5, 0.6) is 0 Å². The number of methoxy groups -OCH3 is 1. The molecule has 0 bridgehead atoms. The summed E-state index contributed by atoms with van der Waals surface area (Å²) in [5, 5.41) is 0. The molecule has 1 aliphatic rings. The summed E-state index contributed by atoms with van der Waals surface area (Å²) < 4.78 is 6.58. The Labute approximate surface area is 139 Å². The molecular formula is C18H30O3Sn. The molecule has 0 N–H and O–H groups in total. The van der Waals surface area contributed by atoms with Gasteiger partial charge in [-0.2, -0.15) is 0 Å². The quantitative estimate of drug-likeness (QED) is 0.499. The predicted molar refractivity (Wildman–Crippen MR) is 93.3 cm³/mol. The van der Waals surface area contributed by atoms with E-state index in [0.29, 0.717) is 19.3 Å². The summed E-state index contributed by atoms with van der Waals surface area (Å²) >= 11 is -2.10. The monoisotopic (exact) mass is 414 g/mol. The zero-order chi connectivity index (χ0) is 17.1. The summed E-state index contributed by atoms with van der Waals surface area (Å²) in [4.78, 5) is 31.5. The summed E-state index contributed by atoms with van der Waals surface area (Å²) in [6, 6.07) is 0. The summed E-state index contributed by atoms with van der Waals surface area (Å²) in [7, 11) is 1.44. The van der Waals surface area contributed by atoms with Crippen LogP contribution in [-0.4, -0.2) is 37.2 Å². The van der Waals surface area contributed by atoms with Gasteiger partial charge in [0.1, 0.15) is 0 Å². The fraction of sp³-hybridized carbons (Fsp3) is 0.667. The van der Waals surface area contributed by atoms with Crippen LogP contribution in [-0.2, 0) is 14.3 Å². The molecule has 1 unspecified atom stereocenters. The maximum absolute atomic E-state index is 12.6. The van der Waals surface area contributed by atoms with Gasteiger partial charge in [0.25, 0.3) is 0 Å². The van der Waals surface area contributed by atoms with Gasteiger partial charge in [-0.05, 0) is 0 Å². The number of esters is 1. The average molecular weight is 413 g/mol. The molecule has 0 aromatic heterocycles. The summed E-state index contributed by atoms with van der Waals surface area (Å²) in [5.74, 6) is 0.0854. The number of carbonyl (C=O) groups is 2. The van der Waals surface area contributed by atoms with Gasteiger partial charge in [0, 0.05) is 0 Å². The molecule has 0 aliphatic heterocycles. The molecule has 1 atom stereocenters. The van der Waals surface area contributed by atoms with E-state index in [2.05, 4.69) is 27.8 Å². The van der Waals surface area contributed by atoms with E-state index in [9.17, 15) is 9.59 Å². The SMILES string of the molecule is COC(=O)C1(C/C=[C](\C)[Sn]([CH3])([CH3])[CH3])CCC(=O)C=C1C(C)C. The van der Waals surface area contributed by atoms with E-state index >= 15 is 0 Å². The first kappa shape index (κ1) is 19.5. The average Bonchev–Trinajstić information content (AvgIpc) is 2.43. The molecule has 4 heteroatoms. The second-order valence-electron chi connectivity index (χ2n) is 7.64. The number of ketones is 1. The Morgan fingerprint density at radius 1 is 1.41 bits per heavy atom. The van der Waals surface area contributed by atoms with Gasteiger partial charge >= 0.3 is 139 Å². The van der Waals surface area contributed by atoms with Crippen LogP contribution in [0.1, 0.15) is 40.0 Å². The van der Waals surface area contributed by atoms with Crippen molar-refractivity contribution in [1.82, 2.24) is 0 Å². The maximum atomic E-state index is 12.6. The molecule has 0 spiro atoms. The van der Waals surface area contributed by atoms with E-state index in [1.807, 2.05) is 13.8 Å². The second-order valence-corrected chi connectivity index (χ2v) is 22.7. The van der Waals surface area contributed by atoms with Crippen LogP contribution in [0.4, 0.5) is 0 Å². The standard InChI is InChI=1S/C15H21O3.3CH3.Sn/c1-5-6-8-15(14(17)18-4)9-7-12(16)10-13(15)11(2)3;;;;/h6,10-11H,7-9H2,1-4H3;3*1H3;. The minimum absolute atomic E-state index is 0.124. The van der Waals surface area contributed by atoms with Crippen molar-refractivity contribution in [1.29, 1.82) is 0 Å². The first-order valence-corrected chi connectivity index (χ1v) is 18.0. The molecule has 3 nitrogen and oxygen atoms in total. The number of carbonyl (C=O) groups excluding carboxylic acids is 2. The summed E-state index contributed by atoms with van der Waals surface area (Å²) in [6.07, 6.45) is 5.56. The van der Waals surface area contributed by atoms with Crippen LogP contribution in [0.2, 0.25) is 14.8 Å². The first-order valence-electron chi connectivity index (χ1n) is 8.05. The van der Waals surface area contributed by atoms with Gasteiger partial charge in [0.2, 0.25) is 0 Å². The van der Waals surface area contributed by atoms with Crippen LogP contribution in [0.3, 0.4) is 0 Å². The van der Waals surface area contributed by atoms with E-state index in [4.69, 9.17) is 4.74 Å². The van der Waals surface area contributed by atoms with Crippen molar-refractivity contribution in [3.05, 3.63) is 21.3 Å². The molecule has 1 rings (SSSR count). The fourth-order valence-corrected chi connectivity index (χ4v) is 4.98. The first-order chi connectivity index (χ1) is 10.0. The van der Waals surface area contributed by atoms with Gasteiger partial charge in [-0.15, -0.1) is 0 Å². The van der Waals surface area contributed by atoms with Crippen molar-refractivity contribution in [2.75, 3.05) is 7.11 Å². The van der Waals surface area contributed by atoms with E-state index in [-0.39, 0.29) is 17.7 Å². The Balaban J connectivity index is 3.30. The van der Waals surface area contributed by atoms with Gasteiger partial charge in [0.05, 0.1) is 0 Å². The number of rotatable bonds is 5. The normalized spacial score (nSPS) is 23.5. The molecule has 0 aromatic rings. The Hall–Kier alpha value is -0.581. The van der Waals surface area contributed by atoms with Crippen LogP contribution >= 0.6 is 0 Å². The number of allylic oxidation sites excluding steroid dienone is 3. The Morgan fingerprint density at radius 3 is 2.45 bits per heavy atom. The molecule has 1 aliphatic carbocycles. The van der Waals surface area contributed by atoms with Crippen molar-refractivity contribution in [3.63, 3.8) is 0 Å². The van der Waals surface area contributed by atoms with Crippen LogP contribution in [0, 0.1) is 11.3 Å². The number of ether oxygens (including phenoxy) is 1. The molecule has 0 saturated carbocycles. The van der Waals surface area contributed by atoms with Crippen LogP contribution in [0.15, 0.2) is 21.3 Å².